The van der Waals surface area contributed by atoms with E-state index in [9.17, 15) is 0 Å². The van der Waals surface area contributed by atoms with Crippen molar-refractivity contribution in [3.63, 3.8) is 0 Å². The van der Waals surface area contributed by atoms with Crippen molar-refractivity contribution in [3.8, 4) is 44.5 Å². The lowest BCUT2D eigenvalue weighted by molar-refractivity contribution is 0.673. The first-order valence-corrected chi connectivity index (χ1v) is 21.2. The van der Waals surface area contributed by atoms with Crippen LogP contribution in [0.5, 0.6) is 0 Å². The quantitative estimate of drug-likeness (QED) is 0.160. The lowest BCUT2D eigenvalue weighted by atomic mass is 9.96. The van der Waals surface area contributed by atoms with Gasteiger partial charge >= 0.3 is 0 Å². The average molecular weight is 790 g/mol. The summed E-state index contributed by atoms with van der Waals surface area (Å²) in [5.41, 5.74) is 14.5. The van der Waals surface area contributed by atoms with Gasteiger partial charge in [-0.15, -0.1) is 0 Å². The predicted octanol–water partition coefficient (Wildman–Crippen LogP) is 17.2. The lowest BCUT2D eigenvalue weighted by Gasteiger charge is -2.27. The van der Waals surface area contributed by atoms with Crippen LogP contribution in [0.4, 0.5) is 17.1 Å². The summed E-state index contributed by atoms with van der Waals surface area (Å²) in [6.07, 6.45) is 0. The minimum absolute atomic E-state index is 0.889. The third-order valence-electron chi connectivity index (χ3n) is 12.4. The molecule has 0 fully saturated rings. The van der Waals surface area contributed by atoms with Gasteiger partial charge in [0.1, 0.15) is 11.2 Å². The number of rotatable bonds is 7. The molecule has 0 spiro atoms. The van der Waals surface area contributed by atoms with E-state index in [0.29, 0.717) is 0 Å². The van der Waals surface area contributed by atoms with E-state index in [1.807, 2.05) is 0 Å². The fraction of sp³-hybridized carbons (Fsp3) is 0. The van der Waals surface area contributed by atoms with E-state index in [1.165, 1.54) is 60.3 Å². The third-order valence-corrected chi connectivity index (χ3v) is 12.4. The Labute approximate surface area is 360 Å². The maximum atomic E-state index is 6.61. The van der Waals surface area contributed by atoms with Crippen molar-refractivity contribution in [3.05, 3.63) is 237 Å². The van der Waals surface area contributed by atoms with Crippen LogP contribution in [-0.2, 0) is 0 Å². The molecule has 12 rings (SSSR count). The Morgan fingerprint density at radius 3 is 1.60 bits per heavy atom. The highest BCUT2D eigenvalue weighted by Crippen LogP contribution is 2.43. The van der Waals surface area contributed by atoms with Crippen LogP contribution < -0.4 is 4.90 Å². The molecule has 0 aliphatic carbocycles. The predicted molar refractivity (Wildman–Crippen MR) is 263 cm³/mol. The molecule has 11 aromatic carbocycles. The van der Waals surface area contributed by atoms with Crippen LogP contribution in [0.2, 0.25) is 0 Å². The van der Waals surface area contributed by atoms with Gasteiger partial charge in [0.05, 0.1) is 0 Å². The highest BCUT2D eigenvalue weighted by Gasteiger charge is 2.18. The molecule has 0 atom stereocenters. The van der Waals surface area contributed by atoms with Crippen molar-refractivity contribution in [2.45, 2.75) is 0 Å². The molecule has 1 heterocycles. The molecule has 0 unspecified atom stereocenters. The largest absolute Gasteiger partial charge is 0.455 e. The molecular formula is C60H39NO. The summed E-state index contributed by atoms with van der Waals surface area (Å²) in [5, 5.41) is 9.55. The van der Waals surface area contributed by atoms with E-state index in [4.69, 9.17) is 4.42 Å². The van der Waals surface area contributed by atoms with Gasteiger partial charge in [-0.25, -0.2) is 0 Å². The van der Waals surface area contributed by atoms with Crippen LogP contribution in [0.3, 0.4) is 0 Å². The molecule has 0 saturated carbocycles. The summed E-state index contributed by atoms with van der Waals surface area (Å²) in [6, 6.07) is 85.5. The Morgan fingerprint density at radius 2 is 0.806 bits per heavy atom. The number of benzene rings is 11. The van der Waals surface area contributed by atoms with Gasteiger partial charge in [0.25, 0.3) is 0 Å². The molecule has 290 valence electrons. The molecule has 1 aromatic heterocycles. The fourth-order valence-corrected chi connectivity index (χ4v) is 9.37. The second-order valence-corrected chi connectivity index (χ2v) is 16.1. The third kappa shape index (κ3) is 6.20. The number of nitrogens with zero attached hydrogens (tertiary/aromatic N) is 1. The number of fused-ring (bicyclic) bond motifs is 7. The monoisotopic (exact) mass is 789 g/mol. The summed E-state index contributed by atoms with van der Waals surface area (Å²) in [4.78, 5) is 2.38. The van der Waals surface area contributed by atoms with Crippen molar-refractivity contribution >= 4 is 71.3 Å². The van der Waals surface area contributed by atoms with Gasteiger partial charge in [-0.05, 0) is 126 Å². The summed E-state index contributed by atoms with van der Waals surface area (Å²) in [7, 11) is 0. The van der Waals surface area contributed by atoms with Crippen molar-refractivity contribution < 1.29 is 4.42 Å². The summed E-state index contributed by atoms with van der Waals surface area (Å²) in [5.74, 6) is 0. The minimum Gasteiger partial charge on any atom is -0.455 e. The average Bonchev–Trinajstić information content (AvgIpc) is 3.74. The molecule has 0 aliphatic heterocycles. The first-order valence-electron chi connectivity index (χ1n) is 21.2. The second kappa shape index (κ2) is 14.8. The summed E-state index contributed by atoms with van der Waals surface area (Å²) < 4.78 is 6.61. The van der Waals surface area contributed by atoms with Gasteiger partial charge in [0, 0.05) is 33.2 Å². The van der Waals surface area contributed by atoms with Crippen molar-refractivity contribution in [1.29, 1.82) is 0 Å². The smallest absolute Gasteiger partial charge is 0.143 e. The normalized spacial score (nSPS) is 11.5. The zero-order valence-electron chi connectivity index (χ0n) is 33.9. The Hall–Kier alpha value is -8.20. The Kier molecular flexibility index (Phi) is 8.53. The topological polar surface area (TPSA) is 16.4 Å². The van der Waals surface area contributed by atoms with E-state index in [-0.39, 0.29) is 0 Å². The molecule has 2 nitrogen and oxygen atoms in total. The maximum Gasteiger partial charge on any atom is 0.143 e. The Balaban J connectivity index is 0.960. The first-order chi connectivity index (χ1) is 30.7. The fourth-order valence-electron chi connectivity index (χ4n) is 9.37. The van der Waals surface area contributed by atoms with Gasteiger partial charge in [0.2, 0.25) is 0 Å². The van der Waals surface area contributed by atoms with E-state index in [2.05, 4.69) is 241 Å². The van der Waals surface area contributed by atoms with Gasteiger partial charge in [-0.2, -0.15) is 0 Å². The molecule has 0 bridgehead atoms. The molecule has 62 heavy (non-hydrogen) atoms. The van der Waals surface area contributed by atoms with Gasteiger partial charge in [-0.1, -0.05) is 182 Å². The van der Waals surface area contributed by atoms with Crippen LogP contribution in [0.25, 0.3) is 98.8 Å². The Morgan fingerprint density at radius 1 is 0.274 bits per heavy atom. The molecule has 0 radical (unpaired) electrons. The zero-order valence-corrected chi connectivity index (χ0v) is 33.9. The molecule has 0 amide bonds. The summed E-state index contributed by atoms with van der Waals surface area (Å²) in [6.45, 7) is 0. The second-order valence-electron chi connectivity index (χ2n) is 16.1. The van der Waals surface area contributed by atoms with E-state index in [0.717, 1.165) is 55.5 Å². The molecule has 0 aliphatic rings. The van der Waals surface area contributed by atoms with Crippen LogP contribution >= 0.6 is 0 Å². The number of hydrogen-bond donors (Lipinski definition) is 0. The van der Waals surface area contributed by atoms with Crippen LogP contribution in [0.15, 0.2) is 241 Å². The molecule has 0 saturated heterocycles. The molecule has 12 aromatic rings. The number of hydrogen-bond acceptors (Lipinski definition) is 2. The van der Waals surface area contributed by atoms with E-state index < -0.39 is 0 Å². The minimum atomic E-state index is 0.889. The SMILES string of the molecule is c1cc(-c2ccc3ccccc3c2)cc(N(c2ccc(-c3ccc(-c4cccc5ccccc45)cc3)cc2)c2cccc(-c3cccc4oc5c6ccccc6ccc5c34)c2)c1. The van der Waals surface area contributed by atoms with Crippen molar-refractivity contribution in [1.82, 2.24) is 0 Å². The molecule has 2 heteroatoms. The van der Waals surface area contributed by atoms with E-state index in [1.54, 1.807) is 0 Å². The van der Waals surface area contributed by atoms with E-state index >= 15 is 0 Å². The van der Waals surface area contributed by atoms with Gasteiger partial charge < -0.3 is 9.32 Å². The van der Waals surface area contributed by atoms with Gasteiger partial charge in [0.15, 0.2) is 0 Å². The van der Waals surface area contributed by atoms with Crippen LogP contribution in [-0.4, -0.2) is 0 Å². The zero-order chi connectivity index (χ0) is 41.0. The standard InChI is InChI=1S/C60H39NO/c1-2-14-46-37-48(30-27-40(46)11-1)47-16-7-18-51(38-47)61(50-34-31-42(32-35-50)41-25-28-45(29-26-41)54-22-9-15-43-12-3-5-20-53(43)54)52-19-8-17-49(39-52)55-23-10-24-58-59(55)57-36-33-44-13-4-6-21-56(44)60(57)62-58/h1-39H. The maximum absolute atomic E-state index is 6.61. The van der Waals surface area contributed by atoms with Gasteiger partial charge in [-0.3, -0.25) is 0 Å². The molecular weight excluding hydrogens is 751 g/mol. The molecule has 0 N–H and O–H groups in total. The van der Waals surface area contributed by atoms with Crippen molar-refractivity contribution in [2.75, 3.05) is 4.90 Å². The highest BCUT2D eigenvalue weighted by atomic mass is 16.3. The Bertz CT molecular complexity index is 3630. The highest BCUT2D eigenvalue weighted by molar-refractivity contribution is 6.19. The first kappa shape index (κ1) is 35.7. The van der Waals surface area contributed by atoms with Crippen LogP contribution in [0, 0.1) is 0 Å². The number of anilines is 3. The lowest BCUT2D eigenvalue weighted by Crippen LogP contribution is -2.10. The van der Waals surface area contributed by atoms with Crippen LogP contribution in [0.1, 0.15) is 0 Å². The van der Waals surface area contributed by atoms with Crippen molar-refractivity contribution in [2.24, 2.45) is 0 Å². The summed E-state index contributed by atoms with van der Waals surface area (Å²) >= 11 is 0. The number of furan rings is 1.